The number of nitrogens with zero attached hydrogens (tertiary/aromatic N) is 8. The molecular weight excluding hydrogens is 999 g/mol. The second-order valence-electron chi connectivity index (χ2n) is 20.4. The minimum absolute atomic E-state index is 0. The van der Waals surface area contributed by atoms with Gasteiger partial charge in [0.2, 0.25) is 0 Å². The molecule has 8 heterocycles. The minimum atomic E-state index is 0. The van der Waals surface area contributed by atoms with Crippen molar-refractivity contribution < 1.29 is 33.6 Å². The monoisotopic (exact) mass is 1080 g/mol. The summed E-state index contributed by atoms with van der Waals surface area (Å²) in [5.41, 5.74) is 34.4. The molecule has 0 amide bonds. The molecule has 0 atom stereocenters. The number of rotatable bonds is 18. The van der Waals surface area contributed by atoms with Gasteiger partial charge in [-0.3, -0.25) is 20.0 Å². The average molecular weight is 1080 g/mol. The summed E-state index contributed by atoms with van der Waals surface area (Å²) in [7, 11) is 0. The summed E-state index contributed by atoms with van der Waals surface area (Å²) in [5.74, 6) is 0. The van der Waals surface area contributed by atoms with E-state index in [-0.39, 0.29) is 33.6 Å². The predicted octanol–water partition coefficient (Wildman–Crippen LogP) is 15.6. The van der Waals surface area contributed by atoms with Crippen molar-refractivity contribution >= 4 is 48.2 Å². The molecule has 10 heteroatoms. The van der Waals surface area contributed by atoms with E-state index in [0.717, 1.165) is 145 Å². The molecule has 74 heavy (non-hydrogen) atoms. The smallest absolute Gasteiger partial charge is 0.664 e. The minimum Gasteiger partial charge on any atom is -0.664 e. The Morgan fingerprint density at radius 1 is 0.405 bits per heavy atom. The molecule has 8 rings (SSSR count). The van der Waals surface area contributed by atoms with Crippen LogP contribution in [-0.4, -0.2) is 23.9 Å². The Balaban J connectivity index is 0.000000267. The first-order valence-electron chi connectivity index (χ1n) is 26.8. The third kappa shape index (κ3) is 13.0. The van der Waals surface area contributed by atoms with E-state index in [4.69, 9.17) is 20.0 Å². The maximum absolute atomic E-state index is 4.90. The molecule has 4 aliphatic heterocycles. The van der Waals surface area contributed by atoms with Gasteiger partial charge in [-0.2, -0.15) is 23.8 Å². The fourth-order valence-electron chi connectivity index (χ4n) is 11.2. The van der Waals surface area contributed by atoms with Gasteiger partial charge in [-0.05, 0) is 191 Å². The predicted molar refractivity (Wildman–Crippen MR) is 308 cm³/mol. The van der Waals surface area contributed by atoms with E-state index in [2.05, 4.69) is 155 Å². The zero-order valence-electron chi connectivity index (χ0n) is 47.3. The summed E-state index contributed by atoms with van der Waals surface area (Å²) < 4.78 is 0. The summed E-state index contributed by atoms with van der Waals surface area (Å²) in [4.78, 5) is 38.1. The third-order valence-corrected chi connectivity index (χ3v) is 15.7. The van der Waals surface area contributed by atoms with Gasteiger partial charge in [-0.15, -0.1) is 22.8 Å². The normalized spacial score (nSPS) is 17.6. The number of aromatic nitrogens is 4. The fraction of sp³-hybridized carbons (Fsp3) is 0.438. The van der Waals surface area contributed by atoms with Crippen molar-refractivity contribution in [2.24, 2.45) is 20.0 Å². The molecule has 4 aliphatic rings. The average Bonchev–Trinajstić information content (AvgIpc) is 4.24. The molecule has 0 saturated carbocycles. The van der Waals surface area contributed by atoms with Crippen LogP contribution in [0.2, 0.25) is 0 Å². The second kappa shape index (κ2) is 26.5. The van der Waals surface area contributed by atoms with Crippen LogP contribution < -0.4 is 19.9 Å². The van der Waals surface area contributed by atoms with Crippen LogP contribution in [-0.2, 0) is 59.2 Å². The molecule has 0 saturated heterocycles. The Morgan fingerprint density at radius 2 is 0.757 bits per heavy atom. The summed E-state index contributed by atoms with van der Waals surface area (Å²) >= 11 is 0. The van der Waals surface area contributed by atoms with Crippen LogP contribution in [0.15, 0.2) is 99.7 Å². The standard InChI is InChI=1S/2C32H40N4.2Co/c2*1-9-25-19(3)17-33-31(25)15-29-21(5)27(23(7)35-29)13-11-12-14-28-22(6)30(36-24(28)8)16-32-26(10-2)20(4)18-34-32;;/h2*15-18H,9-14H2,1-8H3;;/q2*-2;2*+2/b2*29-15+,32-16+;;. The summed E-state index contributed by atoms with van der Waals surface area (Å²) in [6.45, 7) is 34.8. The Hall–Kier alpha value is -5.27. The van der Waals surface area contributed by atoms with Crippen molar-refractivity contribution in [3.05, 3.63) is 158 Å². The van der Waals surface area contributed by atoms with E-state index in [1.807, 2.05) is 24.8 Å². The largest absolute Gasteiger partial charge is 2.00 e. The quantitative estimate of drug-likeness (QED) is 0.0925. The Bertz CT molecular complexity index is 2910. The molecule has 0 spiro atoms. The molecule has 2 radical (unpaired) electrons. The van der Waals surface area contributed by atoms with Gasteiger partial charge < -0.3 is 19.9 Å². The van der Waals surface area contributed by atoms with Gasteiger partial charge in [0, 0.05) is 23.9 Å². The SMILES string of the molecule is CCC1=C(C)C=N/C1=C/c1[n-]c(C)c(CCCCC2=C(C)/C(=C\c3[n-]cc(C)c3CC)N=C2C)c1C.CCC1=C(C)C=N/C1=C/c1[n-]c(C)c(CCCCC2=C(C)/C(=C\c3[n-]cc(C)c3CC)N=C2C)c1C.[Co+2].[Co+2]. The van der Waals surface area contributed by atoms with E-state index in [1.54, 1.807) is 0 Å². The van der Waals surface area contributed by atoms with E-state index in [1.165, 1.54) is 89.1 Å². The van der Waals surface area contributed by atoms with Gasteiger partial charge in [0.05, 0.1) is 22.8 Å². The summed E-state index contributed by atoms with van der Waals surface area (Å²) in [6.07, 6.45) is 29.4. The Morgan fingerprint density at radius 3 is 1.11 bits per heavy atom. The molecule has 4 aromatic rings. The molecule has 0 N–H and O–H groups in total. The number of unbranched alkanes of at least 4 members (excludes halogenated alkanes) is 2. The van der Waals surface area contributed by atoms with E-state index in [0.29, 0.717) is 0 Å². The van der Waals surface area contributed by atoms with Crippen molar-refractivity contribution in [1.29, 1.82) is 0 Å². The van der Waals surface area contributed by atoms with Crippen LogP contribution in [0.1, 0.15) is 199 Å². The van der Waals surface area contributed by atoms with Crippen molar-refractivity contribution in [2.75, 3.05) is 0 Å². The van der Waals surface area contributed by atoms with Crippen molar-refractivity contribution in [3.63, 3.8) is 0 Å². The van der Waals surface area contributed by atoms with Crippen molar-refractivity contribution in [2.45, 2.75) is 188 Å². The summed E-state index contributed by atoms with van der Waals surface area (Å²) in [5, 5.41) is 0. The van der Waals surface area contributed by atoms with Gasteiger partial charge in [-0.1, -0.05) is 110 Å². The molecular formula is C64H80Co2N8. The number of hydrogen-bond acceptors (Lipinski definition) is 4. The topological polar surface area (TPSA) is 106 Å². The third-order valence-electron chi connectivity index (χ3n) is 15.7. The zero-order valence-corrected chi connectivity index (χ0v) is 49.4. The number of allylic oxidation sites excluding steroid dienone is 8. The van der Waals surface area contributed by atoms with E-state index >= 15 is 0 Å². The second-order valence-corrected chi connectivity index (χ2v) is 20.4. The Labute approximate surface area is 465 Å². The fourth-order valence-corrected chi connectivity index (χ4v) is 11.2. The molecule has 0 unspecified atom stereocenters. The number of hydrogen-bond donors (Lipinski definition) is 0. The van der Waals surface area contributed by atoms with Gasteiger partial charge in [0.15, 0.2) is 0 Å². The molecule has 0 bridgehead atoms. The van der Waals surface area contributed by atoms with Crippen LogP contribution in [0.4, 0.5) is 0 Å². The van der Waals surface area contributed by atoms with Crippen LogP contribution >= 0.6 is 0 Å². The van der Waals surface area contributed by atoms with Gasteiger partial charge in [-0.25, -0.2) is 0 Å². The zero-order chi connectivity index (χ0) is 52.0. The number of aryl methyl sites for hydroxylation is 4. The van der Waals surface area contributed by atoms with Crippen LogP contribution in [0.5, 0.6) is 0 Å². The molecule has 0 fully saturated rings. The molecule has 0 aliphatic carbocycles. The first-order valence-corrected chi connectivity index (χ1v) is 26.8. The van der Waals surface area contributed by atoms with E-state index in [9.17, 15) is 0 Å². The van der Waals surface area contributed by atoms with Crippen molar-refractivity contribution in [3.8, 4) is 0 Å². The van der Waals surface area contributed by atoms with Crippen LogP contribution in [0, 0.1) is 41.5 Å². The van der Waals surface area contributed by atoms with Crippen LogP contribution in [0.3, 0.4) is 0 Å². The summed E-state index contributed by atoms with van der Waals surface area (Å²) in [6, 6.07) is 0. The first-order chi connectivity index (χ1) is 34.5. The van der Waals surface area contributed by atoms with Gasteiger partial charge in [0.25, 0.3) is 0 Å². The van der Waals surface area contributed by atoms with Crippen molar-refractivity contribution in [1.82, 2.24) is 19.9 Å². The first kappa shape index (κ1) is 59.6. The molecule has 8 nitrogen and oxygen atoms in total. The number of aliphatic imine (C=N–C) groups is 4. The van der Waals surface area contributed by atoms with Crippen LogP contribution in [0.25, 0.3) is 24.3 Å². The maximum atomic E-state index is 4.90. The Kier molecular flexibility index (Phi) is 21.3. The molecule has 0 aromatic carbocycles. The van der Waals surface area contributed by atoms with Gasteiger partial charge >= 0.3 is 33.6 Å². The van der Waals surface area contributed by atoms with E-state index < -0.39 is 0 Å². The molecule has 4 aromatic heterocycles. The van der Waals surface area contributed by atoms with Gasteiger partial charge in [0.1, 0.15) is 0 Å². The maximum Gasteiger partial charge on any atom is 2.00 e. The molecule has 394 valence electrons.